The molecule has 2 heterocycles. The van der Waals surface area contributed by atoms with E-state index in [0.29, 0.717) is 11.9 Å². The molecule has 4 nitrogen and oxygen atoms in total. The summed E-state index contributed by atoms with van der Waals surface area (Å²) in [6.07, 6.45) is 1.03. The van der Waals surface area contributed by atoms with E-state index in [9.17, 15) is 0 Å². The molecule has 0 unspecified atom stereocenters. The molecule has 0 aliphatic carbocycles. The van der Waals surface area contributed by atoms with Crippen LogP contribution in [0.2, 0.25) is 0 Å². The Hall–Kier alpha value is -0.560. The largest absolute Gasteiger partial charge is 0.384 e. The van der Waals surface area contributed by atoms with E-state index >= 15 is 0 Å². The second-order valence-corrected chi connectivity index (χ2v) is 4.55. The van der Waals surface area contributed by atoms with E-state index in [4.69, 9.17) is 10.5 Å². The molecule has 1 aromatic heterocycles. The van der Waals surface area contributed by atoms with Crippen LogP contribution in [0.3, 0.4) is 0 Å². The van der Waals surface area contributed by atoms with Gasteiger partial charge in [0.2, 0.25) is 0 Å². The van der Waals surface area contributed by atoms with Gasteiger partial charge < -0.3 is 15.8 Å². The summed E-state index contributed by atoms with van der Waals surface area (Å²) in [7, 11) is 0. The molecule has 1 atom stereocenters. The van der Waals surface area contributed by atoms with Crippen LogP contribution in [0.1, 0.15) is 6.42 Å². The van der Waals surface area contributed by atoms with Crippen LogP contribution in [0.15, 0.2) is 12.1 Å². The second-order valence-electron chi connectivity index (χ2n) is 3.30. The molecular formula is C9H12IN3O. The molecule has 5 heteroatoms. The van der Waals surface area contributed by atoms with Crippen molar-refractivity contribution in [3.05, 3.63) is 15.7 Å². The van der Waals surface area contributed by atoms with Crippen LogP contribution in [0.4, 0.5) is 11.6 Å². The highest BCUT2D eigenvalue weighted by Gasteiger charge is 2.15. The number of halogens is 1. The van der Waals surface area contributed by atoms with Crippen LogP contribution in [0.25, 0.3) is 0 Å². The number of nitrogen functional groups attached to an aromatic ring is 1. The number of rotatable bonds is 2. The summed E-state index contributed by atoms with van der Waals surface area (Å²) in [5, 5.41) is 3.30. The highest BCUT2D eigenvalue weighted by molar-refractivity contribution is 14.1. The van der Waals surface area contributed by atoms with Crippen molar-refractivity contribution in [2.45, 2.75) is 12.5 Å². The van der Waals surface area contributed by atoms with Gasteiger partial charge in [-0.25, -0.2) is 4.98 Å². The number of nitrogens with zero attached hydrogens (tertiary/aromatic N) is 1. The molecule has 14 heavy (non-hydrogen) atoms. The maximum atomic E-state index is 5.65. The Balaban J connectivity index is 2.07. The molecule has 1 aliphatic heterocycles. The van der Waals surface area contributed by atoms with Gasteiger partial charge in [-0.05, 0) is 41.1 Å². The molecule has 0 spiro atoms. The Labute approximate surface area is 96.4 Å². The van der Waals surface area contributed by atoms with Gasteiger partial charge in [0.15, 0.2) is 0 Å². The molecule has 2 rings (SSSR count). The van der Waals surface area contributed by atoms with Crippen molar-refractivity contribution in [3.63, 3.8) is 0 Å². The van der Waals surface area contributed by atoms with Crippen molar-refractivity contribution >= 4 is 34.2 Å². The molecule has 1 saturated heterocycles. The lowest BCUT2D eigenvalue weighted by molar-refractivity contribution is 0.195. The predicted octanol–water partition coefficient (Wildman–Crippen LogP) is 1.47. The minimum Gasteiger partial charge on any atom is -0.384 e. The van der Waals surface area contributed by atoms with Crippen molar-refractivity contribution in [2.24, 2.45) is 0 Å². The number of aromatic nitrogens is 1. The zero-order chi connectivity index (χ0) is 9.97. The van der Waals surface area contributed by atoms with Gasteiger partial charge in [-0.2, -0.15) is 0 Å². The highest BCUT2D eigenvalue weighted by Crippen LogP contribution is 2.16. The third-order valence-corrected chi connectivity index (χ3v) is 2.71. The molecule has 0 saturated carbocycles. The fourth-order valence-corrected chi connectivity index (χ4v) is 2.06. The van der Waals surface area contributed by atoms with Crippen molar-refractivity contribution in [3.8, 4) is 0 Å². The van der Waals surface area contributed by atoms with E-state index in [1.54, 1.807) is 0 Å². The zero-order valence-corrected chi connectivity index (χ0v) is 9.82. The molecule has 3 N–H and O–H groups in total. The maximum absolute atomic E-state index is 5.65. The number of nitrogens with two attached hydrogens (primary N) is 1. The Morgan fingerprint density at radius 3 is 3.07 bits per heavy atom. The molecule has 1 aliphatic rings. The topological polar surface area (TPSA) is 60.2 Å². The monoisotopic (exact) mass is 305 g/mol. The number of ether oxygens (including phenoxy) is 1. The standard InChI is InChI=1S/C9H12IN3O/c10-6-3-8(11)13-9(4-6)12-7-1-2-14-5-7/h3-4,7H,1-2,5H2,(H3,11,12,13)/t7-/m1/s1. The molecule has 0 bridgehead atoms. The molecule has 0 amide bonds. The first-order valence-corrected chi connectivity index (χ1v) is 5.59. The molecular weight excluding hydrogens is 293 g/mol. The zero-order valence-electron chi connectivity index (χ0n) is 7.66. The summed E-state index contributed by atoms with van der Waals surface area (Å²) in [5.74, 6) is 1.39. The predicted molar refractivity (Wildman–Crippen MR) is 64.2 cm³/mol. The fraction of sp³-hybridized carbons (Fsp3) is 0.444. The van der Waals surface area contributed by atoms with Crippen LogP contribution < -0.4 is 11.1 Å². The van der Waals surface area contributed by atoms with Gasteiger partial charge in [-0.3, -0.25) is 0 Å². The first-order valence-electron chi connectivity index (χ1n) is 4.51. The van der Waals surface area contributed by atoms with Gasteiger partial charge in [0.05, 0.1) is 12.6 Å². The van der Waals surface area contributed by atoms with E-state index in [0.717, 1.165) is 29.0 Å². The van der Waals surface area contributed by atoms with Gasteiger partial charge in [0.25, 0.3) is 0 Å². The summed E-state index contributed by atoms with van der Waals surface area (Å²) < 4.78 is 6.36. The third kappa shape index (κ3) is 2.48. The van der Waals surface area contributed by atoms with Gasteiger partial charge in [0, 0.05) is 10.2 Å². The average molecular weight is 305 g/mol. The fourth-order valence-electron chi connectivity index (χ4n) is 1.45. The van der Waals surface area contributed by atoms with E-state index in [1.807, 2.05) is 12.1 Å². The summed E-state index contributed by atoms with van der Waals surface area (Å²) in [4.78, 5) is 4.20. The van der Waals surface area contributed by atoms with Gasteiger partial charge >= 0.3 is 0 Å². The van der Waals surface area contributed by atoms with Gasteiger partial charge in [-0.1, -0.05) is 0 Å². The van der Waals surface area contributed by atoms with Gasteiger partial charge in [-0.15, -0.1) is 0 Å². The molecule has 1 fully saturated rings. The van der Waals surface area contributed by atoms with E-state index in [-0.39, 0.29) is 0 Å². The Morgan fingerprint density at radius 2 is 2.43 bits per heavy atom. The quantitative estimate of drug-likeness (QED) is 0.812. The van der Waals surface area contributed by atoms with E-state index in [1.165, 1.54) is 0 Å². The maximum Gasteiger partial charge on any atom is 0.129 e. The van der Waals surface area contributed by atoms with Crippen molar-refractivity contribution < 1.29 is 4.74 Å². The van der Waals surface area contributed by atoms with Crippen molar-refractivity contribution in [1.82, 2.24) is 4.98 Å². The number of hydrogen-bond donors (Lipinski definition) is 2. The molecule has 1 aromatic rings. The number of pyridine rings is 1. The smallest absolute Gasteiger partial charge is 0.129 e. The van der Waals surface area contributed by atoms with Crippen LogP contribution in [-0.4, -0.2) is 24.2 Å². The Morgan fingerprint density at radius 1 is 1.57 bits per heavy atom. The van der Waals surface area contributed by atoms with Crippen LogP contribution in [0, 0.1) is 3.57 Å². The average Bonchev–Trinajstić information content (AvgIpc) is 2.54. The summed E-state index contributed by atoms with van der Waals surface area (Å²) in [6, 6.07) is 4.20. The Kier molecular flexibility index (Phi) is 3.07. The normalized spacial score (nSPS) is 21.1. The number of nitrogens with one attached hydrogen (secondary N) is 1. The number of anilines is 2. The molecule has 0 radical (unpaired) electrons. The lowest BCUT2D eigenvalue weighted by Gasteiger charge is -2.11. The van der Waals surface area contributed by atoms with Crippen molar-refractivity contribution in [2.75, 3.05) is 24.3 Å². The first-order chi connectivity index (χ1) is 6.74. The first kappa shape index (κ1) is 9.97. The van der Waals surface area contributed by atoms with Crippen LogP contribution >= 0.6 is 22.6 Å². The van der Waals surface area contributed by atoms with Crippen molar-refractivity contribution in [1.29, 1.82) is 0 Å². The van der Waals surface area contributed by atoms with Crippen LogP contribution in [0.5, 0.6) is 0 Å². The summed E-state index contributed by atoms with van der Waals surface area (Å²) in [5.41, 5.74) is 5.65. The SMILES string of the molecule is Nc1cc(I)cc(N[C@@H]2CCOC2)n1. The van der Waals surface area contributed by atoms with E-state index < -0.39 is 0 Å². The Bertz CT molecular complexity index is 306. The summed E-state index contributed by atoms with van der Waals surface area (Å²) in [6.45, 7) is 1.59. The van der Waals surface area contributed by atoms with Gasteiger partial charge in [0.1, 0.15) is 11.6 Å². The lowest BCUT2D eigenvalue weighted by atomic mass is 10.2. The minimum atomic E-state index is 0.375. The number of hydrogen-bond acceptors (Lipinski definition) is 4. The molecule has 76 valence electrons. The summed E-state index contributed by atoms with van der Waals surface area (Å²) >= 11 is 2.23. The van der Waals surface area contributed by atoms with E-state index in [2.05, 4.69) is 32.9 Å². The van der Waals surface area contributed by atoms with Crippen LogP contribution in [-0.2, 0) is 4.74 Å². The highest BCUT2D eigenvalue weighted by atomic mass is 127. The lowest BCUT2D eigenvalue weighted by Crippen LogP contribution is -2.19. The third-order valence-electron chi connectivity index (χ3n) is 2.09. The minimum absolute atomic E-state index is 0.375. The molecule has 0 aromatic carbocycles. The second kappa shape index (κ2) is 4.31.